The third kappa shape index (κ3) is 4.17. The number of pyridine rings is 1. The van der Waals surface area contributed by atoms with Crippen molar-refractivity contribution in [1.29, 1.82) is 0 Å². The maximum atomic E-state index is 11.0. The highest BCUT2D eigenvalue weighted by Crippen LogP contribution is 2.27. The van der Waals surface area contributed by atoms with Gasteiger partial charge in [0.05, 0.1) is 11.7 Å². The highest BCUT2D eigenvalue weighted by Gasteiger charge is 2.26. The molecule has 1 aromatic rings. The van der Waals surface area contributed by atoms with Crippen LogP contribution in [0, 0.1) is 11.8 Å². The van der Waals surface area contributed by atoms with Gasteiger partial charge in [-0.2, -0.15) is 0 Å². The van der Waals surface area contributed by atoms with Crippen LogP contribution < -0.4 is 4.90 Å². The van der Waals surface area contributed by atoms with Gasteiger partial charge in [-0.25, -0.2) is 9.78 Å². The summed E-state index contributed by atoms with van der Waals surface area (Å²) in [6, 6.07) is 3.12. The van der Waals surface area contributed by atoms with Gasteiger partial charge in [0.2, 0.25) is 0 Å². The second-order valence-electron chi connectivity index (χ2n) is 6.23. The lowest BCUT2D eigenvalue weighted by atomic mass is 9.87. The Balaban J connectivity index is 1.94. The molecule has 2 heterocycles. The van der Waals surface area contributed by atoms with Gasteiger partial charge < -0.3 is 15.1 Å². The number of hydrogen-bond acceptors (Lipinski definition) is 4. The first-order chi connectivity index (χ1) is 9.97. The lowest BCUT2D eigenvalue weighted by Gasteiger charge is -2.35. The Morgan fingerprint density at radius 1 is 1.43 bits per heavy atom. The Morgan fingerprint density at radius 2 is 2.10 bits per heavy atom. The van der Waals surface area contributed by atoms with Crippen molar-refractivity contribution in [3.63, 3.8) is 0 Å². The SMILES string of the molecule is CC(C)C[C@H](O)C1CCN(c2cc(C(=O)O)ccn2)CC1. The van der Waals surface area contributed by atoms with Crippen LogP contribution in [-0.4, -0.2) is 40.4 Å². The number of aliphatic hydroxyl groups is 1. The third-order valence-corrected chi connectivity index (χ3v) is 4.11. The minimum absolute atomic E-state index is 0.231. The van der Waals surface area contributed by atoms with E-state index in [4.69, 9.17) is 5.11 Å². The monoisotopic (exact) mass is 292 g/mol. The van der Waals surface area contributed by atoms with Gasteiger partial charge in [-0.1, -0.05) is 13.8 Å². The zero-order valence-corrected chi connectivity index (χ0v) is 12.7. The number of aromatic nitrogens is 1. The molecule has 0 aromatic carbocycles. The topological polar surface area (TPSA) is 73.7 Å². The summed E-state index contributed by atoms with van der Waals surface area (Å²) in [4.78, 5) is 17.4. The fourth-order valence-electron chi connectivity index (χ4n) is 2.91. The van der Waals surface area contributed by atoms with Crippen LogP contribution in [0.4, 0.5) is 5.82 Å². The Hall–Kier alpha value is -1.62. The molecule has 0 unspecified atom stereocenters. The number of anilines is 1. The van der Waals surface area contributed by atoms with E-state index in [-0.39, 0.29) is 11.7 Å². The standard InChI is InChI=1S/C16H24N2O3/c1-11(2)9-14(19)12-4-7-18(8-5-12)15-10-13(16(20)21)3-6-17-15/h3,6,10-12,14,19H,4-5,7-9H2,1-2H3,(H,20,21)/t14-/m0/s1. The van der Waals surface area contributed by atoms with Crippen molar-refractivity contribution in [2.24, 2.45) is 11.8 Å². The molecule has 1 atom stereocenters. The molecule has 0 spiro atoms. The predicted octanol–water partition coefficient (Wildman–Crippen LogP) is 2.40. The smallest absolute Gasteiger partial charge is 0.335 e. The second kappa shape index (κ2) is 6.89. The second-order valence-corrected chi connectivity index (χ2v) is 6.23. The van der Waals surface area contributed by atoms with E-state index >= 15 is 0 Å². The van der Waals surface area contributed by atoms with Crippen molar-refractivity contribution in [2.75, 3.05) is 18.0 Å². The molecular formula is C16H24N2O3. The maximum absolute atomic E-state index is 11.0. The van der Waals surface area contributed by atoms with Crippen molar-refractivity contribution in [1.82, 2.24) is 4.98 Å². The van der Waals surface area contributed by atoms with E-state index in [1.54, 1.807) is 12.3 Å². The molecule has 116 valence electrons. The molecule has 1 saturated heterocycles. The molecule has 1 aromatic heterocycles. The van der Waals surface area contributed by atoms with Crippen molar-refractivity contribution in [3.05, 3.63) is 23.9 Å². The summed E-state index contributed by atoms with van der Waals surface area (Å²) in [5.74, 6) is 0.630. The van der Waals surface area contributed by atoms with E-state index < -0.39 is 5.97 Å². The van der Waals surface area contributed by atoms with Crippen LogP contribution in [0.3, 0.4) is 0 Å². The molecule has 0 bridgehead atoms. The quantitative estimate of drug-likeness (QED) is 0.871. The van der Waals surface area contributed by atoms with Gasteiger partial charge in [0, 0.05) is 19.3 Å². The Labute approximate surface area is 125 Å². The van der Waals surface area contributed by atoms with E-state index in [1.807, 2.05) is 0 Å². The van der Waals surface area contributed by atoms with E-state index in [0.29, 0.717) is 17.7 Å². The average molecular weight is 292 g/mol. The van der Waals surface area contributed by atoms with Gasteiger partial charge >= 0.3 is 5.97 Å². The molecule has 5 nitrogen and oxygen atoms in total. The van der Waals surface area contributed by atoms with Crippen LogP contribution in [0.15, 0.2) is 18.3 Å². The van der Waals surface area contributed by atoms with Gasteiger partial charge in [-0.3, -0.25) is 0 Å². The van der Waals surface area contributed by atoms with Gasteiger partial charge in [0.1, 0.15) is 5.82 Å². The number of nitrogens with zero attached hydrogens (tertiary/aromatic N) is 2. The minimum Gasteiger partial charge on any atom is -0.478 e. The van der Waals surface area contributed by atoms with Crippen LogP contribution in [0.25, 0.3) is 0 Å². The summed E-state index contributed by atoms with van der Waals surface area (Å²) in [6.07, 6.45) is 4.00. The molecule has 2 rings (SSSR count). The number of carbonyl (C=O) groups is 1. The molecule has 0 aliphatic carbocycles. The summed E-state index contributed by atoms with van der Waals surface area (Å²) < 4.78 is 0. The molecule has 0 amide bonds. The van der Waals surface area contributed by atoms with Gasteiger partial charge in [-0.15, -0.1) is 0 Å². The summed E-state index contributed by atoms with van der Waals surface area (Å²) in [7, 11) is 0. The van der Waals surface area contributed by atoms with Crippen molar-refractivity contribution < 1.29 is 15.0 Å². The fraction of sp³-hybridized carbons (Fsp3) is 0.625. The van der Waals surface area contributed by atoms with E-state index in [1.165, 1.54) is 6.07 Å². The summed E-state index contributed by atoms with van der Waals surface area (Å²) in [6.45, 7) is 5.88. The van der Waals surface area contributed by atoms with Gasteiger partial charge in [0.15, 0.2) is 0 Å². The average Bonchev–Trinajstić information content (AvgIpc) is 2.47. The van der Waals surface area contributed by atoms with Crippen LogP contribution in [0.2, 0.25) is 0 Å². The number of rotatable bonds is 5. The van der Waals surface area contributed by atoms with Crippen molar-refractivity contribution >= 4 is 11.8 Å². The van der Waals surface area contributed by atoms with E-state index in [0.717, 1.165) is 32.4 Å². The Kier molecular flexibility index (Phi) is 5.17. The number of aromatic carboxylic acids is 1. The van der Waals surface area contributed by atoms with Crippen LogP contribution >= 0.6 is 0 Å². The maximum Gasteiger partial charge on any atom is 0.335 e. The number of hydrogen-bond donors (Lipinski definition) is 2. The molecule has 1 aliphatic heterocycles. The number of carboxylic acid groups (broad SMARTS) is 1. The highest BCUT2D eigenvalue weighted by atomic mass is 16.4. The predicted molar refractivity (Wildman–Crippen MR) is 81.6 cm³/mol. The largest absolute Gasteiger partial charge is 0.478 e. The first-order valence-corrected chi connectivity index (χ1v) is 7.59. The van der Waals surface area contributed by atoms with Gasteiger partial charge in [-0.05, 0) is 43.2 Å². The first-order valence-electron chi connectivity index (χ1n) is 7.59. The Bertz CT molecular complexity index is 482. The zero-order valence-electron chi connectivity index (χ0n) is 12.7. The molecule has 0 radical (unpaired) electrons. The summed E-state index contributed by atoms with van der Waals surface area (Å²) in [5.41, 5.74) is 0.266. The van der Waals surface area contributed by atoms with E-state index in [9.17, 15) is 9.90 Å². The van der Waals surface area contributed by atoms with Crippen molar-refractivity contribution in [2.45, 2.75) is 39.2 Å². The molecule has 2 N–H and O–H groups in total. The number of piperidine rings is 1. The molecular weight excluding hydrogens is 268 g/mol. The molecule has 1 aliphatic rings. The number of aliphatic hydroxyl groups excluding tert-OH is 1. The van der Waals surface area contributed by atoms with Crippen molar-refractivity contribution in [3.8, 4) is 0 Å². The molecule has 5 heteroatoms. The van der Waals surface area contributed by atoms with Crippen LogP contribution in [0.5, 0.6) is 0 Å². The van der Waals surface area contributed by atoms with Gasteiger partial charge in [0.25, 0.3) is 0 Å². The fourth-order valence-corrected chi connectivity index (χ4v) is 2.91. The lowest BCUT2D eigenvalue weighted by Crippen LogP contribution is -2.38. The lowest BCUT2D eigenvalue weighted by molar-refractivity contribution is 0.0696. The highest BCUT2D eigenvalue weighted by molar-refractivity contribution is 5.88. The zero-order chi connectivity index (χ0) is 15.4. The van der Waals surface area contributed by atoms with E-state index in [2.05, 4.69) is 23.7 Å². The van der Waals surface area contributed by atoms with Crippen LogP contribution in [-0.2, 0) is 0 Å². The van der Waals surface area contributed by atoms with Crippen LogP contribution in [0.1, 0.15) is 43.5 Å². The molecule has 21 heavy (non-hydrogen) atoms. The molecule has 1 fully saturated rings. The third-order valence-electron chi connectivity index (χ3n) is 4.11. The Morgan fingerprint density at radius 3 is 2.67 bits per heavy atom. The minimum atomic E-state index is -0.930. The molecule has 0 saturated carbocycles. The normalized spacial score (nSPS) is 18.0. The summed E-state index contributed by atoms with van der Waals surface area (Å²) in [5, 5.41) is 19.2. The first kappa shape index (κ1) is 15.8. The number of carboxylic acids is 1. The summed E-state index contributed by atoms with van der Waals surface area (Å²) >= 11 is 0.